The molecule has 0 saturated heterocycles. The number of hydrogen-bond donors (Lipinski definition) is 1. The minimum atomic E-state index is 0.835. The normalized spacial score (nSPS) is 10.8. The Kier molecular flexibility index (Phi) is 3.59. The summed E-state index contributed by atoms with van der Waals surface area (Å²) in [5.74, 6) is 0. The summed E-state index contributed by atoms with van der Waals surface area (Å²) in [5, 5.41) is 3.18. The van der Waals surface area contributed by atoms with Crippen LogP contribution in [0.2, 0.25) is 0 Å². The van der Waals surface area contributed by atoms with E-state index in [2.05, 4.69) is 46.1 Å². The maximum Gasteiger partial charge on any atom is 0.0953 e. The van der Waals surface area contributed by atoms with E-state index >= 15 is 0 Å². The van der Waals surface area contributed by atoms with Crippen LogP contribution in [0.25, 0.3) is 11.3 Å². The molecule has 0 saturated carbocycles. The Morgan fingerprint density at radius 2 is 1.94 bits per heavy atom. The van der Waals surface area contributed by atoms with Crippen LogP contribution in [0.4, 0.5) is 0 Å². The van der Waals surface area contributed by atoms with Crippen molar-refractivity contribution in [2.24, 2.45) is 7.05 Å². The van der Waals surface area contributed by atoms with Crippen molar-refractivity contribution >= 4 is 0 Å². The molecule has 2 rings (SSSR count). The standard InChI is InChI=1S/C14H19N3/c1-4-11-5-7-12(8-6-11)14-13(9-15-2)17(3)10-16-14/h5-8,10,15H,4,9H2,1-3H3. The Hall–Kier alpha value is -1.61. The lowest BCUT2D eigenvalue weighted by Crippen LogP contribution is -2.09. The molecule has 0 amide bonds. The third-order valence-electron chi connectivity index (χ3n) is 3.04. The molecule has 0 unspecified atom stereocenters. The lowest BCUT2D eigenvalue weighted by molar-refractivity contribution is 0.735. The number of rotatable bonds is 4. The average Bonchev–Trinajstić information content (AvgIpc) is 2.72. The zero-order valence-electron chi connectivity index (χ0n) is 10.7. The van der Waals surface area contributed by atoms with Crippen molar-refractivity contribution in [3.05, 3.63) is 41.9 Å². The molecular weight excluding hydrogens is 210 g/mol. The first-order valence-electron chi connectivity index (χ1n) is 6.00. The molecule has 90 valence electrons. The average molecular weight is 229 g/mol. The van der Waals surface area contributed by atoms with Crippen molar-refractivity contribution in [2.75, 3.05) is 7.05 Å². The summed E-state index contributed by atoms with van der Waals surface area (Å²) in [4.78, 5) is 4.48. The third-order valence-corrected chi connectivity index (χ3v) is 3.04. The van der Waals surface area contributed by atoms with Crippen molar-refractivity contribution in [1.82, 2.24) is 14.9 Å². The molecule has 0 spiro atoms. The fourth-order valence-corrected chi connectivity index (χ4v) is 1.97. The van der Waals surface area contributed by atoms with Gasteiger partial charge in [0, 0.05) is 19.2 Å². The molecule has 1 heterocycles. The maximum atomic E-state index is 4.48. The van der Waals surface area contributed by atoms with Crippen molar-refractivity contribution in [3.8, 4) is 11.3 Å². The zero-order chi connectivity index (χ0) is 12.3. The van der Waals surface area contributed by atoms with Gasteiger partial charge < -0.3 is 9.88 Å². The van der Waals surface area contributed by atoms with Gasteiger partial charge in [-0.05, 0) is 19.0 Å². The van der Waals surface area contributed by atoms with Gasteiger partial charge in [0.25, 0.3) is 0 Å². The Morgan fingerprint density at radius 3 is 2.53 bits per heavy atom. The highest BCUT2D eigenvalue weighted by atomic mass is 15.1. The molecule has 0 aliphatic carbocycles. The second kappa shape index (κ2) is 5.15. The fourth-order valence-electron chi connectivity index (χ4n) is 1.97. The summed E-state index contributed by atoms with van der Waals surface area (Å²) < 4.78 is 2.07. The number of benzene rings is 1. The van der Waals surface area contributed by atoms with E-state index in [1.165, 1.54) is 16.8 Å². The molecule has 0 bridgehead atoms. The number of aryl methyl sites for hydroxylation is 2. The van der Waals surface area contributed by atoms with Crippen LogP contribution in [0.5, 0.6) is 0 Å². The van der Waals surface area contributed by atoms with Crippen LogP contribution in [-0.2, 0) is 20.0 Å². The molecule has 0 radical (unpaired) electrons. The highest BCUT2D eigenvalue weighted by molar-refractivity contribution is 5.62. The molecule has 17 heavy (non-hydrogen) atoms. The number of nitrogens with zero attached hydrogens (tertiary/aromatic N) is 2. The summed E-state index contributed by atoms with van der Waals surface area (Å²) in [6, 6.07) is 8.65. The van der Waals surface area contributed by atoms with Gasteiger partial charge in [-0.3, -0.25) is 0 Å². The number of imidazole rings is 1. The van der Waals surface area contributed by atoms with Crippen LogP contribution >= 0.6 is 0 Å². The largest absolute Gasteiger partial charge is 0.336 e. The molecule has 0 atom stereocenters. The minimum absolute atomic E-state index is 0.835. The van der Waals surface area contributed by atoms with Crippen molar-refractivity contribution in [1.29, 1.82) is 0 Å². The summed E-state index contributed by atoms with van der Waals surface area (Å²) in [6.45, 7) is 3.00. The fraction of sp³-hybridized carbons (Fsp3) is 0.357. The van der Waals surface area contributed by atoms with Crippen LogP contribution in [0.15, 0.2) is 30.6 Å². The predicted octanol–water partition coefficient (Wildman–Crippen LogP) is 2.37. The van der Waals surface area contributed by atoms with Crippen molar-refractivity contribution in [3.63, 3.8) is 0 Å². The first kappa shape index (κ1) is 11.9. The Bertz CT molecular complexity index is 483. The second-order valence-electron chi connectivity index (χ2n) is 4.23. The minimum Gasteiger partial charge on any atom is -0.336 e. The Balaban J connectivity index is 2.38. The molecule has 3 heteroatoms. The maximum absolute atomic E-state index is 4.48. The van der Waals surface area contributed by atoms with Crippen LogP contribution in [0.3, 0.4) is 0 Å². The van der Waals surface area contributed by atoms with Gasteiger partial charge >= 0.3 is 0 Å². The highest BCUT2D eigenvalue weighted by Gasteiger charge is 2.09. The lowest BCUT2D eigenvalue weighted by atomic mass is 10.1. The topological polar surface area (TPSA) is 29.9 Å². The van der Waals surface area contributed by atoms with Crippen molar-refractivity contribution < 1.29 is 0 Å². The summed E-state index contributed by atoms with van der Waals surface area (Å²) in [6.07, 6.45) is 2.95. The molecule has 1 N–H and O–H groups in total. The molecule has 0 aliphatic heterocycles. The van der Waals surface area contributed by atoms with Crippen LogP contribution in [-0.4, -0.2) is 16.6 Å². The zero-order valence-corrected chi connectivity index (χ0v) is 10.7. The number of hydrogen-bond acceptors (Lipinski definition) is 2. The molecule has 0 aliphatic rings. The molecular formula is C14H19N3. The van der Waals surface area contributed by atoms with Gasteiger partial charge in [0.2, 0.25) is 0 Å². The predicted molar refractivity (Wildman–Crippen MR) is 70.8 cm³/mol. The molecule has 3 nitrogen and oxygen atoms in total. The van der Waals surface area contributed by atoms with Crippen LogP contribution < -0.4 is 5.32 Å². The highest BCUT2D eigenvalue weighted by Crippen LogP contribution is 2.22. The van der Waals surface area contributed by atoms with Gasteiger partial charge in [-0.15, -0.1) is 0 Å². The third kappa shape index (κ3) is 2.39. The summed E-state index contributed by atoms with van der Waals surface area (Å²) in [5.41, 5.74) is 4.84. The number of nitrogens with one attached hydrogen (secondary N) is 1. The van der Waals surface area contributed by atoms with E-state index in [1.807, 2.05) is 20.4 Å². The van der Waals surface area contributed by atoms with E-state index in [-0.39, 0.29) is 0 Å². The SMILES string of the molecule is CCc1ccc(-c2ncn(C)c2CNC)cc1. The van der Waals surface area contributed by atoms with E-state index in [0.29, 0.717) is 0 Å². The van der Waals surface area contributed by atoms with Gasteiger partial charge in [-0.25, -0.2) is 4.98 Å². The van der Waals surface area contributed by atoms with E-state index < -0.39 is 0 Å². The molecule has 1 aromatic carbocycles. The van der Waals surface area contributed by atoms with E-state index in [0.717, 1.165) is 18.7 Å². The smallest absolute Gasteiger partial charge is 0.0953 e. The Labute approximate surface area is 103 Å². The van der Waals surface area contributed by atoms with Crippen LogP contribution in [0.1, 0.15) is 18.2 Å². The molecule has 1 aromatic heterocycles. The number of aromatic nitrogens is 2. The van der Waals surface area contributed by atoms with Gasteiger partial charge in [-0.1, -0.05) is 31.2 Å². The first-order chi connectivity index (χ1) is 8.26. The lowest BCUT2D eigenvalue weighted by Gasteiger charge is -2.06. The molecule has 0 fully saturated rings. The van der Waals surface area contributed by atoms with E-state index in [1.54, 1.807) is 0 Å². The van der Waals surface area contributed by atoms with E-state index in [9.17, 15) is 0 Å². The van der Waals surface area contributed by atoms with Crippen molar-refractivity contribution in [2.45, 2.75) is 19.9 Å². The summed E-state index contributed by atoms with van der Waals surface area (Å²) >= 11 is 0. The van der Waals surface area contributed by atoms with Gasteiger partial charge in [0.05, 0.1) is 17.7 Å². The van der Waals surface area contributed by atoms with Gasteiger partial charge in [0.15, 0.2) is 0 Å². The van der Waals surface area contributed by atoms with E-state index in [4.69, 9.17) is 0 Å². The van der Waals surface area contributed by atoms with Gasteiger partial charge in [0.1, 0.15) is 0 Å². The quantitative estimate of drug-likeness (QED) is 0.872. The Morgan fingerprint density at radius 1 is 1.24 bits per heavy atom. The monoisotopic (exact) mass is 229 g/mol. The van der Waals surface area contributed by atoms with Crippen LogP contribution in [0, 0.1) is 0 Å². The second-order valence-corrected chi connectivity index (χ2v) is 4.23. The summed E-state index contributed by atoms with van der Waals surface area (Å²) in [7, 11) is 3.99. The molecule has 2 aromatic rings. The first-order valence-corrected chi connectivity index (χ1v) is 6.00. The van der Waals surface area contributed by atoms with Gasteiger partial charge in [-0.2, -0.15) is 0 Å².